The standard InChI is InChI=1S/C26H30F4N4O3/c1-16(17-5-6-17)11-24(33-23-12-18(15-31-23)26(28,29)30)32-21-14-20(27)19(13-22(21)36-2)25(35)34-7-3-4-9-37-10-8-34/h11-15,17,31H,3-10H2,1-2H3,(H,32,33)/b16-11+. The van der Waals surface area contributed by atoms with Gasteiger partial charge in [0.15, 0.2) is 0 Å². The van der Waals surface area contributed by atoms with Gasteiger partial charge in [-0.25, -0.2) is 9.38 Å². The smallest absolute Gasteiger partial charge is 0.417 e. The van der Waals surface area contributed by atoms with Crippen molar-refractivity contribution in [1.29, 1.82) is 0 Å². The number of nitrogens with zero attached hydrogens (tertiary/aromatic N) is 2. The lowest BCUT2D eigenvalue weighted by Crippen LogP contribution is -2.36. The number of H-pyrrole nitrogens is 1. The van der Waals surface area contributed by atoms with E-state index >= 15 is 4.39 Å². The van der Waals surface area contributed by atoms with Crippen molar-refractivity contribution in [3.8, 4) is 5.75 Å². The fourth-order valence-electron chi connectivity index (χ4n) is 4.10. The maximum absolute atomic E-state index is 15.2. The molecule has 1 saturated carbocycles. The van der Waals surface area contributed by atoms with Gasteiger partial charge in [0.1, 0.15) is 23.2 Å². The molecule has 0 unspecified atom stereocenters. The molecule has 1 aliphatic carbocycles. The zero-order valence-electron chi connectivity index (χ0n) is 20.8. The number of amides is 1. The number of aromatic amines is 1. The summed E-state index contributed by atoms with van der Waals surface area (Å²) >= 11 is 0. The summed E-state index contributed by atoms with van der Waals surface area (Å²) in [7, 11) is 1.39. The molecule has 4 rings (SSSR count). The molecule has 1 aliphatic heterocycles. The molecule has 1 aromatic carbocycles. The van der Waals surface area contributed by atoms with Crippen LogP contribution in [0.15, 0.2) is 41.0 Å². The van der Waals surface area contributed by atoms with E-state index in [0.717, 1.165) is 49.6 Å². The van der Waals surface area contributed by atoms with Gasteiger partial charge in [-0.3, -0.25) is 4.79 Å². The van der Waals surface area contributed by atoms with E-state index in [0.29, 0.717) is 32.2 Å². The molecule has 37 heavy (non-hydrogen) atoms. The molecule has 2 aliphatic rings. The number of ether oxygens (including phenoxy) is 2. The van der Waals surface area contributed by atoms with Crippen molar-refractivity contribution < 1.29 is 31.8 Å². The number of rotatable bonds is 6. The van der Waals surface area contributed by atoms with Gasteiger partial charge in [-0.15, -0.1) is 0 Å². The summed E-state index contributed by atoms with van der Waals surface area (Å²) in [6.07, 6.45) is 1.67. The third kappa shape index (κ3) is 6.91. The molecule has 0 radical (unpaired) electrons. The minimum atomic E-state index is -4.51. The SMILES string of the molecule is COc1cc(C(=O)N2CCCCOCC2)c(F)cc1NC(/C=C(\C)C1CC1)=Nc1cc(C(F)(F)F)c[nH]1. The zero-order chi connectivity index (χ0) is 26.6. The highest BCUT2D eigenvalue weighted by atomic mass is 19.4. The van der Waals surface area contributed by atoms with E-state index in [1.807, 2.05) is 6.92 Å². The maximum atomic E-state index is 15.2. The molecule has 2 aromatic rings. The van der Waals surface area contributed by atoms with Crippen molar-refractivity contribution in [2.75, 3.05) is 38.7 Å². The van der Waals surface area contributed by atoms with Gasteiger partial charge in [-0.1, -0.05) is 5.57 Å². The first-order chi connectivity index (χ1) is 17.7. The van der Waals surface area contributed by atoms with Gasteiger partial charge in [0.2, 0.25) is 0 Å². The fraction of sp³-hybridized carbons (Fsp3) is 0.462. The third-order valence-corrected chi connectivity index (χ3v) is 6.36. The summed E-state index contributed by atoms with van der Waals surface area (Å²) in [5, 5.41) is 2.98. The van der Waals surface area contributed by atoms with Crippen LogP contribution in [0.4, 0.5) is 29.1 Å². The number of carbonyl (C=O) groups is 1. The van der Waals surface area contributed by atoms with Crippen molar-refractivity contribution in [2.24, 2.45) is 10.9 Å². The van der Waals surface area contributed by atoms with Crippen LogP contribution in [-0.4, -0.2) is 55.0 Å². The Labute approximate surface area is 212 Å². The molecule has 0 spiro atoms. The van der Waals surface area contributed by atoms with Crippen LogP contribution < -0.4 is 10.1 Å². The van der Waals surface area contributed by atoms with Crippen LogP contribution in [0.5, 0.6) is 5.75 Å². The second-order valence-electron chi connectivity index (χ2n) is 9.20. The Morgan fingerprint density at radius 1 is 1.22 bits per heavy atom. The maximum Gasteiger partial charge on any atom is 0.417 e. The second kappa shape index (κ2) is 11.4. The monoisotopic (exact) mass is 522 g/mol. The van der Waals surface area contributed by atoms with Crippen LogP contribution in [0.2, 0.25) is 0 Å². The molecule has 2 heterocycles. The second-order valence-corrected chi connectivity index (χ2v) is 9.20. The molecule has 2 N–H and O–H groups in total. The Kier molecular flexibility index (Phi) is 8.21. The van der Waals surface area contributed by atoms with Crippen molar-refractivity contribution in [3.63, 3.8) is 0 Å². The fourth-order valence-corrected chi connectivity index (χ4v) is 4.10. The summed E-state index contributed by atoms with van der Waals surface area (Å²) in [4.78, 5) is 21.4. The molecule has 1 amide bonds. The minimum absolute atomic E-state index is 0.0137. The predicted molar refractivity (Wildman–Crippen MR) is 132 cm³/mol. The van der Waals surface area contributed by atoms with Crippen LogP contribution >= 0.6 is 0 Å². The normalized spacial score (nSPS) is 17.8. The Morgan fingerprint density at radius 2 is 2.00 bits per heavy atom. The summed E-state index contributed by atoms with van der Waals surface area (Å²) in [5.41, 5.74) is 0.202. The van der Waals surface area contributed by atoms with E-state index in [9.17, 15) is 18.0 Å². The number of methoxy groups -OCH3 is 1. The Balaban J connectivity index is 1.63. The van der Waals surface area contributed by atoms with Crippen molar-refractivity contribution in [3.05, 3.63) is 53.0 Å². The lowest BCUT2D eigenvalue weighted by atomic mass is 10.1. The van der Waals surface area contributed by atoms with E-state index in [2.05, 4.69) is 15.3 Å². The number of nitrogens with one attached hydrogen (secondary N) is 2. The largest absolute Gasteiger partial charge is 0.495 e. The number of allylic oxidation sites excluding steroid dienone is 1. The molecule has 1 saturated heterocycles. The lowest BCUT2D eigenvalue weighted by Gasteiger charge is -2.25. The van der Waals surface area contributed by atoms with Gasteiger partial charge >= 0.3 is 6.18 Å². The first-order valence-electron chi connectivity index (χ1n) is 12.2. The molecule has 7 nitrogen and oxygen atoms in total. The average Bonchev–Trinajstić information content (AvgIpc) is 3.56. The summed E-state index contributed by atoms with van der Waals surface area (Å²) in [5.74, 6) is -0.449. The van der Waals surface area contributed by atoms with Crippen LogP contribution in [-0.2, 0) is 10.9 Å². The predicted octanol–water partition coefficient (Wildman–Crippen LogP) is 5.93. The van der Waals surface area contributed by atoms with E-state index in [4.69, 9.17) is 9.47 Å². The number of alkyl halides is 3. The van der Waals surface area contributed by atoms with Crippen LogP contribution in [0.3, 0.4) is 0 Å². The van der Waals surface area contributed by atoms with Crippen molar-refractivity contribution >= 4 is 23.2 Å². The summed E-state index contributed by atoms with van der Waals surface area (Å²) in [6, 6.07) is 3.36. The number of aliphatic imine (C=N–C) groups is 1. The molecular formula is C26H30F4N4O3. The van der Waals surface area contributed by atoms with E-state index in [-0.39, 0.29) is 28.7 Å². The molecule has 2 fully saturated rings. The van der Waals surface area contributed by atoms with Crippen LogP contribution in [0.1, 0.15) is 48.5 Å². The van der Waals surface area contributed by atoms with E-state index < -0.39 is 23.5 Å². The van der Waals surface area contributed by atoms with Gasteiger partial charge in [-0.2, -0.15) is 13.2 Å². The number of hydrogen-bond acceptors (Lipinski definition) is 4. The van der Waals surface area contributed by atoms with Gasteiger partial charge in [0, 0.05) is 32.0 Å². The van der Waals surface area contributed by atoms with Gasteiger partial charge in [-0.05, 0) is 56.7 Å². The quantitative estimate of drug-likeness (QED) is 0.280. The number of anilines is 1. The van der Waals surface area contributed by atoms with Gasteiger partial charge in [0.05, 0.1) is 30.5 Å². The van der Waals surface area contributed by atoms with E-state index in [1.165, 1.54) is 13.2 Å². The lowest BCUT2D eigenvalue weighted by molar-refractivity contribution is -0.137. The van der Waals surface area contributed by atoms with E-state index in [1.54, 1.807) is 11.0 Å². The molecular weight excluding hydrogens is 492 g/mol. The third-order valence-electron chi connectivity index (χ3n) is 6.36. The van der Waals surface area contributed by atoms with Gasteiger partial charge in [0.25, 0.3) is 5.91 Å². The first-order valence-corrected chi connectivity index (χ1v) is 12.2. The highest BCUT2D eigenvalue weighted by Crippen LogP contribution is 2.37. The summed E-state index contributed by atoms with van der Waals surface area (Å²) in [6.45, 7) is 3.80. The number of carbonyl (C=O) groups excluding carboxylic acids is 1. The number of amidine groups is 1. The van der Waals surface area contributed by atoms with Crippen LogP contribution in [0.25, 0.3) is 0 Å². The highest BCUT2D eigenvalue weighted by Gasteiger charge is 2.32. The number of halogens is 4. The summed E-state index contributed by atoms with van der Waals surface area (Å²) < 4.78 is 65.2. The van der Waals surface area contributed by atoms with Gasteiger partial charge < -0.3 is 24.7 Å². The highest BCUT2D eigenvalue weighted by molar-refractivity contribution is 6.06. The topological polar surface area (TPSA) is 78.9 Å². The number of hydrogen-bond donors (Lipinski definition) is 2. The average molecular weight is 523 g/mol. The Bertz CT molecular complexity index is 1180. The number of benzene rings is 1. The Morgan fingerprint density at radius 3 is 2.68 bits per heavy atom. The number of aromatic nitrogens is 1. The molecule has 0 atom stereocenters. The molecule has 200 valence electrons. The van der Waals surface area contributed by atoms with Crippen molar-refractivity contribution in [1.82, 2.24) is 9.88 Å². The zero-order valence-corrected chi connectivity index (χ0v) is 20.8. The van der Waals surface area contributed by atoms with Crippen LogP contribution in [0, 0.1) is 11.7 Å². The molecule has 11 heteroatoms. The first kappa shape index (κ1) is 26.7. The molecule has 1 aromatic heterocycles. The Hall–Kier alpha value is -3.34. The minimum Gasteiger partial charge on any atom is -0.495 e. The van der Waals surface area contributed by atoms with Crippen molar-refractivity contribution in [2.45, 2.75) is 38.8 Å². The molecule has 0 bridgehead atoms.